The van der Waals surface area contributed by atoms with Gasteiger partial charge in [0.2, 0.25) is 5.91 Å². The van der Waals surface area contributed by atoms with Crippen molar-refractivity contribution in [3.8, 4) is 0 Å². The molecule has 32 heavy (non-hydrogen) atoms. The first-order chi connectivity index (χ1) is 14.9. The van der Waals surface area contributed by atoms with Gasteiger partial charge < -0.3 is 15.0 Å². The summed E-state index contributed by atoms with van der Waals surface area (Å²) in [5.41, 5.74) is -0.281. The molecule has 0 aliphatic carbocycles. The van der Waals surface area contributed by atoms with Crippen molar-refractivity contribution < 1.29 is 32.3 Å². The van der Waals surface area contributed by atoms with E-state index in [1.165, 1.54) is 11.8 Å². The maximum absolute atomic E-state index is 12.8. The SMILES string of the molecule is CCCOC(=O)c1c(NC(=O)CCn2nc(C(F)(F)F)cc2C)sc(C(=O)N(C)C)c1C. The summed E-state index contributed by atoms with van der Waals surface area (Å²) in [6, 6.07) is 0.904. The van der Waals surface area contributed by atoms with Gasteiger partial charge in [0.1, 0.15) is 5.00 Å². The first-order valence-electron chi connectivity index (χ1n) is 9.80. The standard InChI is InChI=1S/C20H25F3N4O4S/c1-6-9-31-19(30)15-12(3)16(18(29)26(4)5)32-17(15)24-14(28)7-8-27-11(2)10-13(25-27)20(21,22)23/h10H,6-9H2,1-5H3,(H,24,28). The molecule has 0 radical (unpaired) electrons. The van der Waals surface area contributed by atoms with Gasteiger partial charge in [0.15, 0.2) is 5.69 Å². The van der Waals surface area contributed by atoms with Crippen LogP contribution < -0.4 is 5.32 Å². The second-order valence-electron chi connectivity index (χ2n) is 7.29. The third-order valence-electron chi connectivity index (χ3n) is 4.46. The Balaban J connectivity index is 2.22. The molecule has 176 valence electrons. The maximum atomic E-state index is 12.8. The molecule has 8 nitrogen and oxygen atoms in total. The van der Waals surface area contributed by atoms with E-state index in [4.69, 9.17) is 4.74 Å². The molecule has 0 atom stereocenters. The van der Waals surface area contributed by atoms with Crippen molar-refractivity contribution in [3.63, 3.8) is 0 Å². The molecule has 2 rings (SSSR count). The van der Waals surface area contributed by atoms with Crippen LogP contribution in [0.3, 0.4) is 0 Å². The largest absolute Gasteiger partial charge is 0.462 e. The van der Waals surface area contributed by atoms with Gasteiger partial charge in [-0.2, -0.15) is 18.3 Å². The Morgan fingerprint density at radius 2 is 1.91 bits per heavy atom. The van der Waals surface area contributed by atoms with Crippen molar-refractivity contribution in [2.75, 3.05) is 26.0 Å². The molecular formula is C20H25F3N4O4S. The van der Waals surface area contributed by atoms with Crippen LogP contribution in [0.15, 0.2) is 6.07 Å². The molecule has 0 unspecified atom stereocenters. The Labute approximate surface area is 187 Å². The highest BCUT2D eigenvalue weighted by molar-refractivity contribution is 7.18. The number of nitrogens with one attached hydrogen (secondary N) is 1. The van der Waals surface area contributed by atoms with Gasteiger partial charge in [0, 0.05) is 32.8 Å². The molecule has 2 heterocycles. The first kappa shape index (κ1) is 25.4. The van der Waals surface area contributed by atoms with E-state index in [0.29, 0.717) is 12.0 Å². The number of carbonyl (C=O) groups is 3. The lowest BCUT2D eigenvalue weighted by Crippen LogP contribution is -2.21. The number of alkyl halides is 3. The Bertz CT molecular complexity index is 1010. The van der Waals surface area contributed by atoms with Crippen LogP contribution in [-0.2, 0) is 22.3 Å². The molecule has 2 aromatic rings. The van der Waals surface area contributed by atoms with Crippen molar-refractivity contribution >= 4 is 34.1 Å². The normalized spacial score (nSPS) is 11.4. The summed E-state index contributed by atoms with van der Waals surface area (Å²) in [7, 11) is 3.13. The quantitative estimate of drug-likeness (QED) is 0.586. The number of thiophene rings is 1. The van der Waals surface area contributed by atoms with E-state index in [1.54, 1.807) is 21.0 Å². The summed E-state index contributed by atoms with van der Waals surface area (Å²) in [5.74, 6) is -1.53. The number of hydrogen-bond acceptors (Lipinski definition) is 6. The molecule has 0 spiro atoms. The summed E-state index contributed by atoms with van der Waals surface area (Å²) < 4.78 is 44.7. The van der Waals surface area contributed by atoms with E-state index in [-0.39, 0.29) is 46.6 Å². The van der Waals surface area contributed by atoms with E-state index < -0.39 is 23.7 Å². The summed E-state index contributed by atoms with van der Waals surface area (Å²) in [5, 5.41) is 6.24. The molecule has 12 heteroatoms. The van der Waals surface area contributed by atoms with Crippen molar-refractivity contribution in [3.05, 3.63) is 33.5 Å². The second kappa shape index (κ2) is 10.2. The summed E-state index contributed by atoms with van der Waals surface area (Å²) >= 11 is 0.950. The molecular weight excluding hydrogens is 449 g/mol. The van der Waals surface area contributed by atoms with Gasteiger partial charge in [-0.3, -0.25) is 14.3 Å². The lowest BCUT2D eigenvalue weighted by atomic mass is 10.1. The lowest BCUT2D eigenvalue weighted by Gasteiger charge is -2.09. The fourth-order valence-electron chi connectivity index (χ4n) is 2.79. The van der Waals surface area contributed by atoms with E-state index in [0.717, 1.165) is 22.1 Å². The van der Waals surface area contributed by atoms with Crippen molar-refractivity contribution in [2.24, 2.45) is 0 Å². The zero-order chi connectivity index (χ0) is 24.2. The number of rotatable bonds is 8. The second-order valence-corrected chi connectivity index (χ2v) is 8.31. The lowest BCUT2D eigenvalue weighted by molar-refractivity contribution is -0.141. The van der Waals surface area contributed by atoms with E-state index >= 15 is 0 Å². The van der Waals surface area contributed by atoms with Crippen LogP contribution in [0.1, 0.15) is 56.7 Å². The third-order valence-corrected chi connectivity index (χ3v) is 5.66. The van der Waals surface area contributed by atoms with Gasteiger partial charge in [-0.25, -0.2) is 4.79 Å². The number of amides is 2. The molecule has 0 aliphatic heterocycles. The number of halogens is 3. The highest BCUT2D eigenvalue weighted by Gasteiger charge is 2.34. The van der Waals surface area contributed by atoms with Gasteiger partial charge >= 0.3 is 12.1 Å². The topological polar surface area (TPSA) is 93.5 Å². The van der Waals surface area contributed by atoms with Crippen LogP contribution in [0, 0.1) is 13.8 Å². The predicted molar refractivity (Wildman–Crippen MR) is 113 cm³/mol. The molecule has 0 fully saturated rings. The van der Waals surface area contributed by atoms with Crippen LogP contribution in [0.2, 0.25) is 0 Å². The molecule has 0 bridgehead atoms. The van der Waals surface area contributed by atoms with Gasteiger partial charge in [-0.15, -0.1) is 11.3 Å². The maximum Gasteiger partial charge on any atom is 0.435 e. The Morgan fingerprint density at radius 1 is 1.25 bits per heavy atom. The number of nitrogens with zero attached hydrogens (tertiary/aromatic N) is 3. The molecule has 2 aromatic heterocycles. The molecule has 2 amide bonds. The highest BCUT2D eigenvalue weighted by Crippen LogP contribution is 2.34. The average Bonchev–Trinajstić information content (AvgIpc) is 3.23. The summed E-state index contributed by atoms with van der Waals surface area (Å²) in [6.45, 7) is 4.98. The van der Waals surface area contributed by atoms with Crippen LogP contribution in [0.5, 0.6) is 0 Å². The third kappa shape index (κ3) is 5.87. The fourth-order valence-corrected chi connectivity index (χ4v) is 4.03. The van der Waals surface area contributed by atoms with E-state index in [2.05, 4.69) is 10.4 Å². The zero-order valence-corrected chi connectivity index (χ0v) is 19.2. The number of esters is 1. The van der Waals surface area contributed by atoms with Gasteiger partial charge in [-0.1, -0.05) is 6.92 Å². The number of aromatic nitrogens is 2. The summed E-state index contributed by atoms with van der Waals surface area (Å²) in [6.07, 6.45) is -4.16. The number of carbonyl (C=O) groups excluding carboxylic acids is 3. The molecule has 0 aliphatic rings. The van der Waals surface area contributed by atoms with Crippen molar-refractivity contribution in [2.45, 2.75) is 46.3 Å². The molecule has 0 aromatic carbocycles. The predicted octanol–water partition coefficient (Wildman–Crippen LogP) is 3.88. The minimum absolute atomic E-state index is 0.0861. The van der Waals surface area contributed by atoms with Crippen LogP contribution in [0.25, 0.3) is 0 Å². The van der Waals surface area contributed by atoms with Crippen LogP contribution in [0.4, 0.5) is 18.2 Å². The average molecular weight is 475 g/mol. The highest BCUT2D eigenvalue weighted by atomic mass is 32.1. The minimum Gasteiger partial charge on any atom is -0.462 e. The molecule has 1 N–H and O–H groups in total. The summed E-state index contributed by atoms with van der Waals surface area (Å²) in [4.78, 5) is 39.1. The number of ether oxygens (including phenoxy) is 1. The van der Waals surface area contributed by atoms with Crippen LogP contribution in [-0.4, -0.2) is 53.2 Å². The van der Waals surface area contributed by atoms with E-state index in [9.17, 15) is 27.6 Å². The van der Waals surface area contributed by atoms with Gasteiger partial charge in [-0.05, 0) is 31.9 Å². The molecule has 0 saturated heterocycles. The number of aryl methyl sites for hydroxylation is 2. The Hall–Kier alpha value is -2.89. The molecule has 0 saturated carbocycles. The Morgan fingerprint density at radius 3 is 2.44 bits per heavy atom. The zero-order valence-electron chi connectivity index (χ0n) is 18.4. The van der Waals surface area contributed by atoms with Gasteiger partial charge in [0.05, 0.1) is 17.0 Å². The first-order valence-corrected chi connectivity index (χ1v) is 10.6. The number of anilines is 1. The monoisotopic (exact) mass is 474 g/mol. The minimum atomic E-state index is -4.57. The van der Waals surface area contributed by atoms with Crippen molar-refractivity contribution in [1.29, 1.82) is 0 Å². The van der Waals surface area contributed by atoms with Gasteiger partial charge in [0.25, 0.3) is 5.91 Å². The van der Waals surface area contributed by atoms with E-state index in [1.807, 2.05) is 6.92 Å². The smallest absolute Gasteiger partial charge is 0.435 e. The van der Waals surface area contributed by atoms with Crippen molar-refractivity contribution in [1.82, 2.24) is 14.7 Å². The Kier molecular flexibility index (Phi) is 8.05. The number of hydrogen-bond donors (Lipinski definition) is 1. The fraction of sp³-hybridized carbons (Fsp3) is 0.500. The van der Waals surface area contributed by atoms with Crippen LogP contribution >= 0.6 is 11.3 Å².